The highest BCUT2D eigenvalue weighted by molar-refractivity contribution is 7.18. The number of thiazole rings is 1. The maximum absolute atomic E-state index is 4.94. The predicted molar refractivity (Wildman–Crippen MR) is 116 cm³/mol. The van der Waals surface area contributed by atoms with Crippen LogP contribution in [0.3, 0.4) is 0 Å². The number of fused-ring (bicyclic) bond motifs is 2. The molecule has 5 rings (SSSR count). The quantitative estimate of drug-likeness (QED) is 0.509. The van der Waals surface area contributed by atoms with Crippen molar-refractivity contribution in [1.29, 1.82) is 0 Å². The minimum Gasteiger partial charge on any atom is -0.317 e. The first kappa shape index (κ1) is 18.4. The fourth-order valence-corrected chi connectivity index (χ4v) is 5.07. The van der Waals surface area contributed by atoms with Gasteiger partial charge in [-0.15, -0.1) is 23.7 Å². The van der Waals surface area contributed by atoms with Crippen LogP contribution in [0.1, 0.15) is 30.2 Å². The second-order valence-electron chi connectivity index (χ2n) is 7.19. The van der Waals surface area contributed by atoms with Gasteiger partial charge >= 0.3 is 0 Å². The standard InChI is InChI=1S/C21H22N4S.ClH/c1-25-13-17-11-15(4-6-18(17)24-25)16-5-7-19-20(12-16)26-21(23-19)14-3-2-9-22-10-8-14;/h4-7,11-14,22H,2-3,8-10H2,1H3;1H. The van der Waals surface area contributed by atoms with E-state index in [9.17, 15) is 0 Å². The van der Waals surface area contributed by atoms with E-state index in [2.05, 4.69) is 53.0 Å². The van der Waals surface area contributed by atoms with Crippen molar-refractivity contribution in [3.8, 4) is 11.1 Å². The van der Waals surface area contributed by atoms with Crippen molar-refractivity contribution in [1.82, 2.24) is 20.1 Å². The van der Waals surface area contributed by atoms with Crippen molar-refractivity contribution in [3.63, 3.8) is 0 Å². The van der Waals surface area contributed by atoms with E-state index in [0.29, 0.717) is 5.92 Å². The molecule has 3 heterocycles. The molecule has 0 spiro atoms. The summed E-state index contributed by atoms with van der Waals surface area (Å²) in [6.45, 7) is 2.25. The zero-order valence-electron chi connectivity index (χ0n) is 15.3. The first-order valence-corrected chi connectivity index (χ1v) is 10.1. The van der Waals surface area contributed by atoms with Gasteiger partial charge in [0.1, 0.15) is 0 Å². The summed E-state index contributed by atoms with van der Waals surface area (Å²) >= 11 is 1.87. The lowest BCUT2D eigenvalue weighted by molar-refractivity contribution is 0.607. The Morgan fingerprint density at radius 1 is 1.04 bits per heavy atom. The van der Waals surface area contributed by atoms with E-state index in [-0.39, 0.29) is 12.4 Å². The Labute approximate surface area is 169 Å². The van der Waals surface area contributed by atoms with Crippen LogP contribution in [0.15, 0.2) is 42.6 Å². The Kier molecular flexibility index (Phi) is 5.17. The van der Waals surface area contributed by atoms with Crippen molar-refractivity contribution in [3.05, 3.63) is 47.6 Å². The van der Waals surface area contributed by atoms with Crippen LogP contribution in [-0.4, -0.2) is 27.9 Å². The van der Waals surface area contributed by atoms with Gasteiger partial charge < -0.3 is 5.32 Å². The fourth-order valence-electron chi connectivity index (χ4n) is 3.89. The molecular weight excluding hydrogens is 376 g/mol. The van der Waals surface area contributed by atoms with Crippen LogP contribution in [-0.2, 0) is 7.05 Å². The minimum absolute atomic E-state index is 0. The van der Waals surface area contributed by atoms with E-state index in [1.54, 1.807) is 0 Å². The van der Waals surface area contributed by atoms with Gasteiger partial charge in [0.2, 0.25) is 0 Å². The molecule has 1 aliphatic heterocycles. The van der Waals surface area contributed by atoms with Crippen LogP contribution in [0.4, 0.5) is 0 Å². The summed E-state index contributed by atoms with van der Waals surface area (Å²) in [6.07, 6.45) is 5.76. The normalized spacial score (nSPS) is 17.7. The van der Waals surface area contributed by atoms with E-state index < -0.39 is 0 Å². The second-order valence-corrected chi connectivity index (χ2v) is 8.25. The van der Waals surface area contributed by atoms with Crippen molar-refractivity contribution in [2.75, 3.05) is 13.1 Å². The topological polar surface area (TPSA) is 42.7 Å². The van der Waals surface area contributed by atoms with Crippen molar-refractivity contribution < 1.29 is 0 Å². The second kappa shape index (κ2) is 7.58. The van der Waals surface area contributed by atoms with Crippen molar-refractivity contribution in [2.24, 2.45) is 7.05 Å². The number of halogens is 1. The Bertz CT molecular complexity index is 1080. The molecule has 0 amide bonds. The van der Waals surface area contributed by atoms with Gasteiger partial charge in [0.25, 0.3) is 0 Å². The number of hydrogen-bond acceptors (Lipinski definition) is 4. The molecule has 1 aliphatic rings. The predicted octanol–water partition coefficient (Wildman–Crippen LogP) is 5.13. The van der Waals surface area contributed by atoms with Gasteiger partial charge in [-0.3, -0.25) is 4.68 Å². The zero-order chi connectivity index (χ0) is 17.5. The monoisotopic (exact) mass is 398 g/mol. The number of rotatable bonds is 2. The summed E-state index contributed by atoms with van der Waals surface area (Å²) in [5.41, 5.74) is 4.66. The molecule has 140 valence electrons. The zero-order valence-corrected chi connectivity index (χ0v) is 16.9. The van der Waals surface area contributed by atoms with Crippen molar-refractivity contribution >= 4 is 44.9 Å². The molecule has 2 aromatic carbocycles. The van der Waals surface area contributed by atoms with Crippen LogP contribution >= 0.6 is 23.7 Å². The van der Waals surface area contributed by atoms with Crippen LogP contribution < -0.4 is 5.32 Å². The smallest absolute Gasteiger partial charge is 0.0970 e. The molecule has 1 saturated heterocycles. The third-order valence-corrected chi connectivity index (χ3v) is 6.46. The SMILES string of the molecule is Cl.Cn1cc2cc(-c3ccc4nc(C5CCCNCC5)sc4c3)ccc2n1. The molecule has 2 aromatic heterocycles. The average molecular weight is 399 g/mol. The maximum atomic E-state index is 4.94. The van der Waals surface area contributed by atoms with Gasteiger partial charge in [-0.1, -0.05) is 12.1 Å². The average Bonchev–Trinajstić information content (AvgIpc) is 3.12. The van der Waals surface area contributed by atoms with Gasteiger partial charge in [0, 0.05) is 24.5 Å². The fraction of sp³-hybridized carbons (Fsp3) is 0.333. The highest BCUT2D eigenvalue weighted by Gasteiger charge is 2.18. The number of benzene rings is 2. The summed E-state index contributed by atoms with van der Waals surface area (Å²) in [5.74, 6) is 0.609. The van der Waals surface area contributed by atoms with Crippen LogP contribution in [0, 0.1) is 0 Å². The molecule has 0 radical (unpaired) electrons. The maximum Gasteiger partial charge on any atom is 0.0970 e. The number of aromatic nitrogens is 3. The van der Waals surface area contributed by atoms with Gasteiger partial charge in [-0.2, -0.15) is 5.10 Å². The van der Waals surface area contributed by atoms with E-state index in [1.807, 2.05) is 23.1 Å². The van der Waals surface area contributed by atoms with Crippen molar-refractivity contribution in [2.45, 2.75) is 25.2 Å². The van der Waals surface area contributed by atoms with Gasteiger partial charge in [-0.25, -0.2) is 4.98 Å². The molecule has 0 saturated carbocycles. The minimum atomic E-state index is 0. The molecule has 1 fully saturated rings. The summed E-state index contributed by atoms with van der Waals surface area (Å²) in [5, 5.41) is 10.5. The van der Waals surface area contributed by atoms with Crippen LogP contribution in [0.2, 0.25) is 0 Å². The molecule has 1 atom stereocenters. The third-order valence-electron chi connectivity index (χ3n) is 5.28. The molecule has 27 heavy (non-hydrogen) atoms. The van der Waals surface area contributed by atoms with Gasteiger partial charge in [0.05, 0.1) is 20.7 Å². The van der Waals surface area contributed by atoms with Gasteiger partial charge in [-0.05, 0) is 67.7 Å². The molecule has 0 aliphatic carbocycles. The Hall–Kier alpha value is -1.95. The Balaban J connectivity index is 0.00000180. The first-order chi connectivity index (χ1) is 12.8. The summed E-state index contributed by atoms with van der Waals surface area (Å²) < 4.78 is 3.16. The van der Waals surface area contributed by atoms with Crippen LogP contribution in [0.25, 0.3) is 32.2 Å². The molecule has 0 bridgehead atoms. The molecule has 1 N–H and O–H groups in total. The third kappa shape index (κ3) is 3.59. The number of nitrogens with zero attached hydrogens (tertiary/aromatic N) is 3. The van der Waals surface area contributed by atoms with E-state index >= 15 is 0 Å². The number of nitrogens with one attached hydrogen (secondary N) is 1. The Morgan fingerprint density at radius 2 is 1.85 bits per heavy atom. The lowest BCUT2D eigenvalue weighted by Crippen LogP contribution is -2.13. The molecule has 4 nitrogen and oxygen atoms in total. The van der Waals surface area contributed by atoms with E-state index in [0.717, 1.165) is 24.1 Å². The van der Waals surface area contributed by atoms with Crippen LogP contribution in [0.5, 0.6) is 0 Å². The molecular formula is C21H23ClN4S. The summed E-state index contributed by atoms with van der Waals surface area (Å²) in [6, 6.07) is 13.2. The lowest BCUT2D eigenvalue weighted by atomic mass is 10.0. The molecule has 1 unspecified atom stereocenters. The number of aryl methyl sites for hydroxylation is 1. The number of hydrogen-bond donors (Lipinski definition) is 1. The highest BCUT2D eigenvalue weighted by Crippen LogP contribution is 2.35. The van der Waals surface area contributed by atoms with E-state index in [4.69, 9.17) is 4.98 Å². The molecule has 6 heteroatoms. The highest BCUT2D eigenvalue weighted by atomic mass is 35.5. The van der Waals surface area contributed by atoms with E-state index in [1.165, 1.54) is 45.5 Å². The lowest BCUT2D eigenvalue weighted by Gasteiger charge is -2.08. The molecule has 4 aromatic rings. The summed E-state index contributed by atoms with van der Waals surface area (Å²) in [7, 11) is 1.97. The largest absolute Gasteiger partial charge is 0.317 e. The Morgan fingerprint density at radius 3 is 2.74 bits per heavy atom. The first-order valence-electron chi connectivity index (χ1n) is 9.31. The van der Waals surface area contributed by atoms with Gasteiger partial charge in [0.15, 0.2) is 0 Å². The summed E-state index contributed by atoms with van der Waals surface area (Å²) in [4.78, 5) is 4.94.